The molecule has 0 bridgehead atoms. The summed E-state index contributed by atoms with van der Waals surface area (Å²) in [6, 6.07) is 7.38. The lowest BCUT2D eigenvalue weighted by atomic mass is 9.79. The van der Waals surface area contributed by atoms with Crippen molar-refractivity contribution in [3.05, 3.63) is 34.9 Å². The molecule has 0 aromatic heterocycles. The second-order valence-electron chi connectivity index (χ2n) is 6.43. The Kier molecular flexibility index (Phi) is 5.40. The molecule has 0 saturated heterocycles. The summed E-state index contributed by atoms with van der Waals surface area (Å²) in [6.45, 7) is 14.7. The predicted molar refractivity (Wildman–Crippen MR) is 81.2 cm³/mol. The van der Waals surface area contributed by atoms with Crippen LogP contribution in [0, 0.1) is 19.3 Å². The zero-order valence-electron chi connectivity index (χ0n) is 12.9. The highest BCUT2D eigenvalue weighted by molar-refractivity contribution is 5.31. The van der Waals surface area contributed by atoms with Crippen molar-refractivity contribution in [1.29, 1.82) is 0 Å². The van der Waals surface area contributed by atoms with Gasteiger partial charge in [0.25, 0.3) is 0 Å². The molecular weight excluding hydrogens is 218 g/mol. The minimum atomic E-state index is 0.347. The van der Waals surface area contributed by atoms with Gasteiger partial charge in [0.1, 0.15) is 0 Å². The summed E-state index contributed by atoms with van der Waals surface area (Å²) in [5.74, 6) is 0. The van der Waals surface area contributed by atoms with Crippen LogP contribution in [0.1, 0.15) is 50.8 Å². The maximum Gasteiger partial charge on any atom is 0.00438 e. The van der Waals surface area contributed by atoms with E-state index in [2.05, 4.69) is 65.1 Å². The Bertz CT molecular complexity index is 379. The molecule has 102 valence electrons. The van der Waals surface area contributed by atoms with Gasteiger partial charge in [-0.15, -0.1) is 0 Å². The topological polar surface area (TPSA) is 12.0 Å². The summed E-state index contributed by atoms with van der Waals surface area (Å²) in [5, 5.41) is 3.51. The largest absolute Gasteiger partial charge is 0.315 e. The SMILES string of the molecule is CCNC(C)CC(C)(C)Cc1cc(C)ccc1C. The molecule has 0 spiro atoms. The van der Waals surface area contributed by atoms with Gasteiger partial charge < -0.3 is 5.32 Å². The van der Waals surface area contributed by atoms with Gasteiger partial charge >= 0.3 is 0 Å². The highest BCUT2D eigenvalue weighted by Gasteiger charge is 2.22. The molecule has 18 heavy (non-hydrogen) atoms. The van der Waals surface area contributed by atoms with E-state index in [1.165, 1.54) is 23.1 Å². The molecule has 1 atom stereocenters. The molecular formula is C17H29N. The summed E-state index contributed by atoms with van der Waals surface area (Å²) in [4.78, 5) is 0. The van der Waals surface area contributed by atoms with E-state index in [9.17, 15) is 0 Å². The summed E-state index contributed by atoms with van der Waals surface area (Å²) in [6.07, 6.45) is 2.38. The molecule has 0 radical (unpaired) electrons. The second kappa shape index (κ2) is 6.38. The summed E-state index contributed by atoms with van der Waals surface area (Å²) in [7, 11) is 0. The van der Waals surface area contributed by atoms with Gasteiger partial charge in [0.2, 0.25) is 0 Å². The van der Waals surface area contributed by atoms with Gasteiger partial charge in [-0.05, 0) is 56.7 Å². The van der Waals surface area contributed by atoms with Crippen LogP contribution in [-0.2, 0) is 6.42 Å². The van der Waals surface area contributed by atoms with Gasteiger partial charge in [-0.1, -0.05) is 44.5 Å². The molecule has 0 amide bonds. The minimum absolute atomic E-state index is 0.347. The first-order chi connectivity index (χ1) is 8.34. The normalized spacial score (nSPS) is 13.7. The second-order valence-corrected chi connectivity index (χ2v) is 6.43. The number of aryl methyl sites for hydroxylation is 2. The fourth-order valence-electron chi connectivity index (χ4n) is 2.83. The fraction of sp³-hybridized carbons (Fsp3) is 0.647. The molecule has 0 heterocycles. The molecule has 1 unspecified atom stereocenters. The Morgan fingerprint density at radius 2 is 1.89 bits per heavy atom. The standard InChI is InChI=1S/C17H29N/c1-7-18-15(4)11-17(5,6)12-16-10-13(2)8-9-14(16)3/h8-10,15,18H,7,11-12H2,1-6H3. The predicted octanol–water partition coefficient (Wildman–Crippen LogP) is 4.26. The first-order valence-electron chi connectivity index (χ1n) is 7.13. The van der Waals surface area contributed by atoms with Crippen molar-refractivity contribution in [2.45, 2.75) is 60.4 Å². The maximum atomic E-state index is 3.51. The van der Waals surface area contributed by atoms with Crippen LogP contribution in [-0.4, -0.2) is 12.6 Å². The van der Waals surface area contributed by atoms with Crippen LogP contribution in [0.2, 0.25) is 0 Å². The molecule has 1 rings (SSSR count). The third kappa shape index (κ3) is 4.81. The van der Waals surface area contributed by atoms with Crippen LogP contribution in [0.15, 0.2) is 18.2 Å². The number of hydrogen-bond acceptors (Lipinski definition) is 1. The van der Waals surface area contributed by atoms with Crippen LogP contribution >= 0.6 is 0 Å². The molecule has 0 aliphatic rings. The summed E-state index contributed by atoms with van der Waals surface area (Å²) >= 11 is 0. The highest BCUT2D eigenvalue weighted by atomic mass is 14.9. The van der Waals surface area contributed by atoms with Crippen LogP contribution in [0.4, 0.5) is 0 Å². The smallest absolute Gasteiger partial charge is 0.00438 e. The molecule has 0 saturated carbocycles. The first-order valence-corrected chi connectivity index (χ1v) is 7.13. The quantitative estimate of drug-likeness (QED) is 0.792. The number of nitrogens with one attached hydrogen (secondary N) is 1. The van der Waals surface area contributed by atoms with Gasteiger partial charge in [0, 0.05) is 6.04 Å². The van der Waals surface area contributed by atoms with Crippen molar-refractivity contribution in [2.75, 3.05) is 6.54 Å². The molecule has 1 aromatic rings. The van der Waals surface area contributed by atoms with Crippen molar-refractivity contribution in [3.63, 3.8) is 0 Å². The van der Waals surface area contributed by atoms with Crippen molar-refractivity contribution in [2.24, 2.45) is 5.41 Å². The van der Waals surface area contributed by atoms with Crippen LogP contribution in [0.25, 0.3) is 0 Å². The third-order valence-electron chi connectivity index (χ3n) is 3.58. The van der Waals surface area contributed by atoms with Gasteiger partial charge in [-0.25, -0.2) is 0 Å². The molecule has 0 aliphatic carbocycles. The van der Waals surface area contributed by atoms with E-state index < -0.39 is 0 Å². The van der Waals surface area contributed by atoms with E-state index in [1.54, 1.807) is 0 Å². The van der Waals surface area contributed by atoms with Crippen molar-refractivity contribution in [3.8, 4) is 0 Å². The van der Waals surface area contributed by atoms with Crippen molar-refractivity contribution < 1.29 is 0 Å². The van der Waals surface area contributed by atoms with E-state index in [1.807, 2.05) is 0 Å². The van der Waals surface area contributed by atoms with Crippen molar-refractivity contribution in [1.82, 2.24) is 5.32 Å². The van der Waals surface area contributed by atoms with E-state index >= 15 is 0 Å². The molecule has 1 nitrogen and oxygen atoms in total. The zero-order chi connectivity index (χ0) is 13.8. The molecule has 0 aliphatic heterocycles. The van der Waals surface area contributed by atoms with E-state index in [0.29, 0.717) is 11.5 Å². The summed E-state index contributed by atoms with van der Waals surface area (Å²) < 4.78 is 0. The first kappa shape index (κ1) is 15.2. The van der Waals surface area contributed by atoms with E-state index in [-0.39, 0.29) is 0 Å². The van der Waals surface area contributed by atoms with Crippen LogP contribution in [0.5, 0.6) is 0 Å². The molecule has 1 heteroatoms. The molecule has 1 aromatic carbocycles. The Labute approximate surface area is 113 Å². The lowest BCUT2D eigenvalue weighted by Gasteiger charge is -2.29. The third-order valence-corrected chi connectivity index (χ3v) is 3.58. The Morgan fingerprint density at radius 3 is 2.50 bits per heavy atom. The lowest BCUT2D eigenvalue weighted by molar-refractivity contribution is 0.288. The number of benzene rings is 1. The van der Waals surface area contributed by atoms with E-state index in [4.69, 9.17) is 0 Å². The van der Waals surface area contributed by atoms with Gasteiger partial charge in [-0.3, -0.25) is 0 Å². The summed E-state index contributed by atoms with van der Waals surface area (Å²) in [5.41, 5.74) is 4.64. The van der Waals surface area contributed by atoms with E-state index in [0.717, 1.165) is 13.0 Å². The Hall–Kier alpha value is -0.820. The monoisotopic (exact) mass is 247 g/mol. The number of hydrogen-bond donors (Lipinski definition) is 1. The minimum Gasteiger partial charge on any atom is -0.315 e. The molecule has 1 N–H and O–H groups in total. The Balaban J connectivity index is 2.72. The van der Waals surface area contributed by atoms with Crippen molar-refractivity contribution >= 4 is 0 Å². The van der Waals surface area contributed by atoms with Gasteiger partial charge in [0.05, 0.1) is 0 Å². The van der Waals surface area contributed by atoms with Crippen LogP contribution in [0.3, 0.4) is 0 Å². The Morgan fingerprint density at radius 1 is 1.22 bits per heavy atom. The average molecular weight is 247 g/mol. The zero-order valence-corrected chi connectivity index (χ0v) is 12.9. The van der Waals surface area contributed by atoms with Gasteiger partial charge in [0.15, 0.2) is 0 Å². The van der Waals surface area contributed by atoms with Crippen LogP contribution < -0.4 is 5.32 Å². The number of rotatable bonds is 6. The highest BCUT2D eigenvalue weighted by Crippen LogP contribution is 2.29. The van der Waals surface area contributed by atoms with Gasteiger partial charge in [-0.2, -0.15) is 0 Å². The maximum absolute atomic E-state index is 3.51. The average Bonchev–Trinajstić information content (AvgIpc) is 2.22. The fourth-order valence-corrected chi connectivity index (χ4v) is 2.83. The molecule has 0 fully saturated rings. The lowest BCUT2D eigenvalue weighted by Crippen LogP contribution is -2.32.